The van der Waals surface area contributed by atoms with Crippen molar-refractivity contribution < 1.29 is 14.5 Å². The Morgan fingerprint density at radius 2 is 1.75 bits per heavy atom. The van der Waals surface area contributed by atoms with Gasteiger partial charge in [0.2, 0.25) is 0 Å². The second-order valence-corrected chi connectivity index (χ2v) is 11.4. The summed E-state index contributed by atoms with van der Waals surface area (Å²) in [6.45, 7) is 10.4. The molecule has 6 nitrogen and oxygen atoms in total. The first-order valence-corrected chi connectivity index (χ1v) is 11.4. The highest BCUT2D eigenvalue weighted by Crippen LogP contribution is 2.48. The van der Waals surface area contributed by atoms with Gasteiger partial charge in [-0.3, -0.25) is 8.99 Å². The molecule has 28 heavy (non-hydrogen) atoms. The summed E-state index contributed by atoms with van der Waals surface area (Å²) in [7, 11) is -1.90. The quantitative estimate of drug-likeness (QED) is 0.480. The average Bonchev–Trinajstić information content (AvgIpc) is 2.78. The van der Waals surface area contributed by atoms with E-state index in [0.717, 1.165) is 42.4 Å². The maximum atomic E-state index is 11.6. The van der Waals surface area contributed by atoms with Gasteiger partial charge in [-0.15, -0.1) is 0 Å². The third kappa shape index (κ3) is 3.63. The van der Waals surface area contributed by atoms with E-state index in [9.17, 15) is 14.5 Å². The van der Waals surface area contributed by atoms with Gasteiger partial charge in [0.15, 0.2) is 0 Å². The molecule has 0 bridgehead atoms. The van der Waals surface area contributed by atoms with Gasteiger partial charge in [0.05, 0.1) is 17.2 Å². The molecular formula is C21H35N3O3S. The second-order valence-electron chi connectivity index (χ2n) is 9.72. The van der Waals surface area contributed by atoms with Gasteiger partial charge >= 0.3 is 0 Å². The Morgan fingerprint density at radius 3 is 2.32 bits per heavy atom. The molecule has 1 heterocycles. The molecule has 0 spiro atoms. The normalized spacial score (nSPS) is 31.3. The van der Waals surface area contributed by atoms with Crippen molar-refractivity contribution in [2.75, 3.05) is 6.54 Å². The van der Waals surface area contributed by atoms with Crippen molar-refractivity contribution in [3.05, 3.63) is 34.9 Å². The zero-order valence-corrected chi connectivity index (χ0v) is 18.5. The van der Waals surface area contributed by atoms with Crippen molar-refractivity contribution >= 4 is 10.6 Å². The van der Waals surface area contributed by atoms with Gasteiger partial charge in [-0.05, 0) is 77.0 Å². The van der Waals surface area contributed by atoms with E-state index >= 15 is 0 Å². The molecule has 7 heteroatoms. The van der Waals surface area contributed by atoms with Crippen LogP contribution >= 0.6 is 0 Å². The lowest BCUT2D eigenvalue weighted by atomic mass is 9.86. The van der Waals surface area contributed by atoms with E-state index in [-0.39, 0.29) is 10.8 Å². The molecule has 1 aliphatic heterocycles. The van der Waals surface area contributed by atoms with Crippen LogP contribution in [0.1, 0.15) is 83.1 Å². The van der Waals surface area contributed by atoms with Crippen LogP contribution < -0.4 is 5.32 Å². The highest BCUT2D eigenvalue weighted by atomic mass is 32.2. The Balaban J connectivity index is 1.66. The first-order chi connectivity index (χ1) is 12.9. The lowest BCUT2D eigenvalue weighted by Crippen LogP contribution is -2.42. The minimum atomic E-state index is -1.90. The highest BCUT2D eigenvalue weighted by Gasteiger charge is 2.48. The standard InChI is InChI=1S/C21H35N3O3S/c1-19(2)16-7-6-14(12-17(16)20(3,4)24(19)26)18(25)13-23-15-8-10-21(5,11-9-15)28(22)27/h6-7,12,15,18,22-23,25-26,28H,8-11,13H2,1-5H3. The number of hydroxylamine groups is 2. The molecule has 3 rings (SSSR count). The summed E-state index contributed by atoms with van der Waals surface area (Å²) in [6.07, 6.45) is 2.71. The predicted octanol–water partition coefficient (Wildman–Crippen LogP) is 3.43. The number of rotatable bonds is 5. The van der Waals surface area contributed by atoms with E-state index in [1.165, 1.54) is 5.06 Å². The second kappa shape index (κ2) is 7.36. The van der Waals surface area contributed by atoms with Crippen LogP contribution in [0.25, 0.3) is 0 Å². The van der Waals surface area contributed by atoms with Crippen molar-refractivity contribution in [3.63, 3.8) is 0 Å². The van der Waals surface area contributed by atoms with E-state index in [1.54, 1.807) is 0 Å². The molecule has 0 amide bonds. The summed E-state index contributed by atoms with van der Waals surface area (Å²) in [5.41, 5.74) is 2.00. The van der Waals surface area contributed by atoms with Crippen molar-refractivity contribution in [3.8, 4) is 0 Å². The van der Waals surface area contributed by atoms with Gasteiger partial charge in [0.25, 0.3) is 0 Å². The van der Waals surface area contributed by atoms with Crippen molar-refractivity contribution in [1.29, 1.82) is 4.78 Å². The number of benzene rings is 1. The van der Waals surface area contributed by atoms with Crippen molar-refractivity contribution in [2.45, 2.75) is 88.3 Å². The molecule has 1 aliphatic carbocycles. The minimum absolute atomic E-state index is 0.287. The third-order valence-corrected chi connectivity index (χ3v) is 8.39. The number of fused-ring (bicyclic) bond motifs is 1. The molecule has 2 atom stereocenters. The molecule has 0 radical (unpaired) electrons. The maximum absolute atomic E-state index is 11.6. The van der Waals surface area contributed by atoms with Crippen molar-refractivity contribution in [2.24, 2.45) is 0 Å². The maximum Gasteiger partial charge on any atom is 0.0914 e. The van der Waals surface area contributed by atoms with E-state index < -0.39 is 27.8 Å². The average molecular weight is 410 g/mol. The molecule has 158 valence electrons. The van der Waals surface area contributed by atoms with Gasteiger partial charge in [-0.25, -0.2) is 0 Å². The van der Waals surface area contributed by atoms with Gasteiger partial charge in [-0.1, -0.05) is 18.2 Å². The topological polar surface area (TPSA) is 96.7 Å². The zero-order chi connectivity index (χ0) is 20.9. The molecule has 2 unspecified atom stereocenters. The summed E-state index contributed by atoms with van der Waals surface area (Å²) in [4.78, 5) is 0. The fourth-order valence-corrected chi connectivity index (χ4v) is 5.44. The van der Waals surface area contributed by atoms with Crippen LogP contribution in [0.5, 0.6) is 0 Å². The van der Waals surface area contributed by atoms with Crippen LogP contribution in [0.2, 0.25) is 0 Å². The molecule has 2 aliphatic rings. The number of nitrogens with one attached hydrogen (secondary N) is 2. The number of aliphatic hydroxyl groups excluding tert-OH is 1. The summed E-state index contributed by atoms with van der Waals surface area (Å²) in [6, 6.07) is 6.27. The SMILES string of the molecule is CC1(C)c2ccc(C(O)CNC3CCC(C)([SH](=N)=O)CC3)cc2C(C)(C)N1O. The van der Waals surface area contributed by atoms with Gasteiger partial charge in [0.1, 0.15) is 0 Å². The van der Waals surface area contributed by atoms with Crippen LogP contribution in [0, 0.1) is 4.78 Å². The summed E-state index contributed by atoms with van der Waals surface area (Å²) >= 11 is 0. The Bertz CT molecular complexity index is 803. The zero-order valence-electron chi connectivity index (χ0n) is 17.6. The van der Waals surface area contributed by atoms with E-state index in [1.807, 2.05) is 52.8 Å². The summed E-state index contributed by atoms with van der Waals surface area (Å²) < 4.78 is 18.8. The smallest absolute Gasteiger partial charge is 0.0914 e. The lowest BCUT2D eigenvalue weighted by molar-refractivity contribution is -0.216. The fraction of sp³-hybridized carbons (Fsp3) is 0.714. The third-order valence-electron chi connectivity index (χ3n) is 6.96. The first kappa shape index (κ1) is 21.7. The Kier molecular flexibility index (Phi) is 5.71. The molecule has 1 aromatic rings. The van der Waals surface area contributed by atoms with Gasteiger partial charge in [0, 0.05) is 27.9 Å². The lowest BCUT2D eigenvalue weighted by Gasteiger charge is -2.35. The summed E-state index contributed by atoms with van der Waals surface area (Å²) in [5.74, 6) is 0. The summed E-state index contributed by atoms with van der Waals surface area (Å²) in [5, 5.41) is 26.2. The molecule has 4 N–H and O–H groups in total. The molecule has 1 fully saturated rings. The van der Waals surface area contributed by atoms with E-state index in [0.29, 0.717) is 6.54 Å². The number of hydrogen-bond acceptors (Lipinski definition) is 6. The van der Waals surface area contributed by atoms with Gasteiger partial charge in [-0.2, -0.15) is 5.06 Å². The number of aliphatic hydroxyl groups is 1. The molecule has 0 aromatic heterocycles. The number of hydrogen-bond donors (Lipinski definition) is 5. The number of thiol groups is 1. The van der Waals surface area contributed by atoms with Crippen LogP contribution in [-0.2, 0) is 21.7 Å². The first-order valence-electron chi connectivity index (χ1n) is 10.1. The minimum Gasteiger partial charge on any atom is -0.387 e. The van der Waals surface area contributed by atoms with Crippen LogP contribution in [0.15, 0.2) is 18.2 Å². The highest BCUT2D eigenvalue weighted by molar-refractivity contribution is 7.75. The Morgan fingerprint density at radius 1 is 1.18 bits per heavy atom. The molecule has 1 aromatic carbocycles. The fourth-order valence-electron chi connectivity index (χ4n) is 4.78. The van der Waals surface area contributed by atoms with E-state index in [2.05, 4.69) is 5.32 Å². The van der Waals surface area contributed by atoms with Crippen molar-refractivity contribution in [1.82, 2.24) is 10.4 Å². The van der Waals surface area contributed by atoms with Gasteiger partial charge < -0.3 is 15.6 Å². The predicted molar refractivity (Wildman–Crippen MR) is 112 cm³/mol. The molecule has 1 saturated carbocycles. The molecule has 0 saturated heterocycles. The largest absolute Gasteiger partial charge is 0.387 e. The van der Waals surface area contributed by atoms with E-state index in [4.69, 9.17) is 4.78 Å². The molecular weight excluding hydrogens is 374 g/mol. The van der Waals surface area contributed by atoms with Crippen LogP contribution in [0.3, 0.4) is 0 Å². The van der Waals surface area contributed by atoms with Crippen LogP contribution in [0.4, 0.5) is 0 Å². The monoisotopic (exact) mass is 409 g/mol. The van der Waals surface area contributed by atoms with Crippen LogP contribution in [-0.4, -0.2) is 36.9 Å². The Labute approximate surface area is 170 Å². The number of nitrogens with zero attached hydrogens (tertiary/aromatic N) is 1. The Hall–Kier alpha value is -0.990.